The van der Waals surface area contributed by atoms with Crippen LogP contribution in [0.5, 0.6) is 5.75 Å². The van der Waals surface area contributed by atoms with Crippen LogP contribution in [0.25, 0.3) is 22.4 Å². The average Bonchev–Trinajstić information content (AvgIpc) is 3.22. The topological polar surface area (TPSA) is 51.2 Å². The van der Waals surface area contributed by atoms with Crippen molar-refractivity contribution in [1.29, 1.82) is 0 Å². The van der Waals surface area contributed by atoms with Gasteiger partial charge in [-0.3, -0.25) is 10.1 Å². The lowest BCUT2D eigenvalue weighted by molar-refractivity contribution is -0.118. The van der Waals surface area contributed by atoms with Crippen molar-refractivity contribution in [2.75, 3.05) is 11.9 Å². The highest BCUT2D eigenvalue weighted by atomic mass is 35.5. The molecule has 1 aromatic heterocycles. The van der Waals surface area contributed by atoms with Gasteiger partial charge >= 0.3 is 0 Å². The van der Waals surface area contributed by atoms with E-state index in [0.717, 1.165) is 22.4 Å². The highest BCUT2D eigenvalue weighted by Crippen LogP contribution is 2.26. The van der Waals surface area contributed by atoms with Crippen LogP contribution in [0.3, 0.4) is 0 Å². The highest BCUT2D eigenvalue weighted by molar-refractivity contribution is 7.14. The Balaban J connectivity index is 1.31. The second kappa shape index (κ2) is 9.11. The maximum Gasteiger partial charge on any atom is 0.264 e. The monoisotopic (exact) mass is 434 g/mol. The van der Waals surface area contributed by atoms with Crippen LogP contribution in [0.2, 0.25) is 5.02 Å². The van der Waals surface area contributed by atoms with Gasteiger partial charge in [0.05, 0.1) is 5.69 Å². The van der Waals surface area contributed by atoms with Crippen LogP contribution in [-0.2, 0) is 4.79 Å². The predicted molar refractivity (Wildman–Crippen MR) is 123 cm³/mol. The van der Waals surface area contributed by atoms with E-state index in [1.807, 2.05) is 53.9 Å². The summed E-state index contributed by atoms with van der Waals surface area (Å²) in [6, 6.07) is 23.5. The molecule has 0 aliphatic heterocycles. The minimum atomic E-state index is -0.255. The fraction of sp³-hybridized carbons (Fsp3) is 0.0833. The van der Waals surface area contributed by atoms with E-state index in [1.165, 1.54) is 16.9 Å². The van der Waals surface area contributed by atoms with Crippen LogP contribution >= 0.6 is 22.9 Å². The Bertz CT molecular complexity index is 1140. The molecule has 4 aromatic rings. The molecule has 0 fully saturated rings. The number of ether oxygens (including phenoxy) is 1. The fourth-order valence-corrected chi connectivity index (χ4v) is 3.74. The second-order valence-corrected chi connectivity index (χ2v) is 8.07. The third kappa shape index (κ3) is 5.06. The number of hydrogen-bond donors (Lipinski definition) is 1. The zero-order valence-electron chi connectivity index (χ0n) is 16.3. The molecule has 0 unspecified atom stereocenters. The second-order valence-electron chi connectivity index (χ2n) is 6.77. The van der Waals surface area contributed by atoms with Gasteiger partial charge < -0.3 is 4.74 Å². The Morgan fingerprint density at radius 2 is 1.53 bits per heavy atom. The molecule has 0 radical (unpaired) electrons. The molecule has 6 heteroatoms. The molecule has 0 saturated carbocycles. The number of benzene rings is 3. The summed E-state index contributed by atoms with van der Waals surface area (Å²) in [5.74, 6) is 0.386. The molecule has 0 aliphatic rings. The average molecular weight is 435 g/mol. The van der Waals surface area contributed by atoms with Gasteiger partial charge in [-0.25, -0.2) is 4.98 Å². The summed E-state index contributed by atoms with van der Waals surface area (Å²) in [6.07, 6.45) is 0. The summed E-state index contributed by atoms with van der Waals surface area (Å²) in [6.45, 7) is 1.98. The van der Waals surface area contributed by atoms with Gasteiger partial charge in [-0.05, 0) is 42.3 Å². The van der Waals surface area contributed by atoms with Crippen LogP contribution in [0.4, 0.5) is 5.13 Å². The number of carbonyl (C=O) groups excluding carboxylic acids is 1. The molecule has 4 rings (SSSR count). The molecule has 150 valence electrons. The molecule has 1 amide bonds. The number of anilines is 1. The summed E-state index contributed by atoms with van der Waals surface area (Å²) in [4.78, 5) is 16.7. The Labute approximate surface area is 184 Å². The number of carbonyl (C=O) groups is 1. The summed E-state index contributed by atoms with van der Waals surface area (Å²) < 4.78 is 5.60. The molecule has 3 aromatic carbocycles. The normalized spacial score (nSPS) is 10.6. The van der Waals surface area contributed by atoms with Crippen molar-refractivity contribution < 1.29 is 9.53 Å². The van der Waals surface area contributed by atoms with Gasteiger partial charge in [0.1, 0.15) is 5.75 Å². The lowest BCUT2D eigenvalue weighted by Crippen LogP contribution is -2.20. The van der Waals surface area contributed by atoms with E-state index in [0.29, 0.717) is 15.9 Å². The highest BCUT2D eigenvalue weighted by Gasteiger charge is 2.09. The number of thiazole rings is 1. The molecule has 1 N–H and O–H groups in total. The maximum atomic E-state index is 12.2. The summed E-state index contributed by atoms with van der Waals surface area (Å²) >= 11 is 7.28. The Hall–Kier alpha value is -3.15. The summed E-state index contributed by atoms with van der Waals surface area (Å²) in [5, 5.41) is 5.87. The number of hydrogen-bond acceptors (Lipinski definition) is 4. The van der Waals surface area contributed by atoms with E-state index >= 15 is 0 Å². The van der Waals surface area contributed by atoms with E-state index in [1.54, 1.807) is 0 Å². The van der Waals surface area contributed by atoms with Crippen molar-refractivity contribution in [2.24, 2.45) is 0 Å². The third-order valence-corrected chi connectivity index (χ3v) is 5.51. The molecule has 1 heterocycles. The molecular formula is C24H19ClN2O2S. The zero-order valence-corrected chi connectivity index (χ0v) is 17.8. The number of nitrogens with zero attached hydrogens (tertiary/aromatic N) is 1. The van der Waals surface area contributed by atoms with Gasteiger partial charge in [-0.1, -0.05) is 65.7 Å². The molecule has 0 aliphatic carbocycles. The van der Waals surface area contributed by atoms with E-state index in [9.17, 15) is 4.79 Å². The van der Waals surface area contributed by atoms with Gasteiger partial charge in [0.25, 0.3) is 5.91 Å². The van der Waals surface area contributed by atoms with E-state index < -0.39 is 0 Å². The molecule has 0 bridgehead atoms. The number of rotatable bonds is 6. The molecule has 4 nitrogen and oxygen atoms in total. The first kappa shape index (κ1) is 20.1. The zero-order chi connectivity index (χ0) is 20.9. The van der Waals surface area contributed by atoms with Gasteiger partial charge in [0, 0.05) is 16.0 Å². The molecule has 0 saturated heterocycles. The third-order valence-electron chi connectivity index (χ3n) is 4.50. The quantitative estimate of drug-likeness (QED) is 0.379. The van der Waals surface area contributed by atoms with E-state index in [4.69, 9.17) is 16.3 Å². The summed E-state index contributed by atoms with van der Waals surface area (Å²) in [7, 11) is 0. The maximum absolute atomic E-state index is 12.2. The summed E-state index contributed by atoms with van der Waals surface area (Å²) in [5.41, 5.74) is 5.21. The van der Waals surface area contributed by atoms with Crippen molar-refractivity contribution in [3.05, 3.63) is 88.8 Å². The number of aryl methyl sites for hydroxylation is 1. The van der Waals surface area contributed by atoms with Gasteiger partial charge in [-0.15, -0.1) is 11.3 Å². The minimum Gasteiger partial charge on any atom is -0.484 e. The standard InChI is InChI=1S/C24H19ClN2O2S/c1-16-2-4-17(5-3-16)18-8-12-21(13-9-18)29-14-23(28)27-24-26-22(15-30-24)19-6-10-20(25)11-7-19/h2-13,15H,14H2,1H3,(H,26,27,28). The van der Waals surface area contributed by atoms with Crippen LogP contribution in [0, 0.1) is 6.92 Å². The number of amides is 1. The molecule has 0 spiro atoms. The smallest absolute Gasteiger partial charge is 0.264 e. The lowest BCUT2D eigenvalue weighted by Gasteiger charge is -2.07. The van der Waals surface area contributed by atoms with E-state index in [-0.39, 0.29) is 12.5 Å². The van der Waals surface area contributed by atoms with Crippen LogP contribution in [0.1, 0.15) is 5.56 Å². The predicted octanol–water partition coefficient (Wildman–Crippen LogP) is 6.46. The van der Waals surface area contributed by atoms with Crippen molar-refractivity contribution >= 4 is 34.0 Å². The van der Waals surface area contributed by atoms with Gasteiger partial charge in [0.2, 0.25) is 0 Å². The molecule has 0 atom stereocenters. The Morgan fingerprint density at radius 3 is 2.20 bits per heavy atom. The molecular weight excluding hydrogens is 416 g/mol. The Morgan fingerprint density at radius 1 is 0.933 bits per heavy atom. The first-order chi connectivity index (χ1) is 14.6. The Kier molecular flexibility index (Phi) is 6.12. The van der Waals surface area contributed by atoms with E-state index in [2.05, 4.69) is 41.5 Å². The van der Waals surface area contributed by atoms with Crippen LogP contribution in [0.15, 0.2) is 78.2 Å². The minimum absolute atomic E-state index is 0.0836. The van der Waals surface area contributed by atoms with Crippen molar-refractivity contribution in [3.63, 3.8) is 0 Å². The fourth-order valence-electron chi connectivity index (χ4n) is 2.88. The number of nitrogens with one attached hydrogen (secondary N) is 1. The van der Waals surface area contributed by atoms with Gasteiger partial charge in [-0.2, -0.15) is 0 Å². The number of aromatic nitrogens is 1. The van der Waals surface area contributed by atoms with Crippen molar-refractivity contribution in [2.45, 2.75) is 6.92 Å². The number of halogens is 1. The van der Waals surface area contributed by atoms with Crippen LogP contribution in [-0.4, -0.2) is 17.5 Å². The first-order valence-electron chi connectivity index (χ1n) is 9.38. The van der Waals surface area contributed by atoms with Crippen molar-refractivity contribution in [1.82, 2.24) is 4.98 Å². The lowest BCUT2D eigenvalue weighted by atomic mass is 10.0. The molecule has 30 heavy (non-hydrogen) atoms. The largest absolute Gasteiger partial charge is 0.484 e. The van der Waals surface area contributed by atoms with Gasteiger partial charge in [0.15, 0.2) is 11.7 Å². The first-order valence-corrected chi connectivity index (χ1v) is 10.6. The van der Waals surface area contributed by atoms with Crippen molar-refractivity contribution in [3.8, 4) is 28.1 Å². The van der Waals surface area contributed by atoms with Crippen LogP contribution < -0.4 is 10.1 Å². The SMILES string of the molecule is Cc1ccc(-c2ccc(OCC(=O)Nc3nc(-c4ccc(Cl)cc4)cs3)cc2)cc1.